The Morgan fingerprint density at radius 1 is 1.08 bits per heavy atom. The topological polar surface area (TPSA) is 73.2 Å². The molecule has 1 heterocycles. The van der Waals surface area contributed by atoms with Crippen LogP contribution in [0.25, 0.3) is 5.69 Å². The molecule has 126 valence electrons. The molecule has 0 radical (unpaired) electrons. The minimum Gasteiger partial charge on any atom is -0.495 e. The lowest BCUT2D eigenvalue weighted by atomic mass is 10.2. The zero-order valence-corrected chi connectivity index (χ0v) is 13.9. The molecule has 0 bridgehead atoms. The lowest BCUT2D eigenvalue weighted by molar-refractivity contribution is 0.102. The number of aromatic nitrogens is 2. The summed E-state index contributed by atoms with van der Waals surface area (Å²) >= 11 is 0. The quantitative estimate of drug-likeness (QED) is 0.796. The molecule has 1 N–H and O–H groups in total. The number of carbonyl (C=O) groups excluding carboxylic acids is 1. The minimum absolute atomic E-state index is 0.131. The number of rotatable bonds is 4. The molecule has 25 heavy (non-hydrogen) atoms. The van der Waals surface area contributed by atoms with Crippen molar-refractivity contribution in [1.29, 1.82) is 0 Å². The van der Waals surface area contributed by atoms with Crippen molar-refractivity contribution in [3.8, 4) is 11.4 Å². The van der Waals surface area contributed by atoms with Crippen molar-refractivity contribution in [3.05, 3.63) is 82.3 Å². The van der Waals surface area contributed by atoms with Gasteiger partial charge in [0.25, 0.3) is 11.5 Å². The van der Waals surface area contributed by atoms with Gasteiger partial charge in [-0.05, 0) is 42.8 Å². The number of anilines is 1. The molecule has 0 saturated heterocycles. The number of hydrogen-bond donors (Lipinski definition) is 1. The van der Waals surface area contributed by atoms with Crippen molar-refractivity contribution in [2.45, 2.75) is 6.92 Å². The molecule has 0 aliphatic rings. The Morgan fingerprint density at radius 3 is 2.56 bits per heavy atom. The second-order valence-electron chi connectivity index (χ2n) is 5.46. The van der Waals surface area contributed by atoms with E-state index in [2.05, 4.69) is 10.4 Å². The van der Waals surface area contributed by atoms with Crippen molar-refractivity contribution in [3.63, 3.8) is 0 Å². The third kappa shape index (κ3) is 3.58. The van der Waals surface area contributed by atoms with Gasteiger partial charge in [-0.15, -0.1) is 0 Å². The van der Waals surface area contributed by atoms with E-state index in [4.69, 9.17) is 4.74 Å². The highest BCUT2D eigenvalue weighted by atomic mass is 16.5. The summed E-state index contributed by atoms with van der Waals surface area (Å²) in [5.74, 6) is 0.129. The van der Waals surface area contributed by atoms with Crippen LogP contribution in [0.3, 0.4) is 0 Å². The monoisotopic (exact) mass is 335 g/mol. The molecule has 0 unspecified atom stereocenters. The molecule has 1 amide bonds. The van der Waals surface area contributed by atoms with E-state index in [1.165, 1.54) is 23.9 Å². The molecule has 0 spiro atoms. The zero-order valence-electron chi connectivity index (χ0n) is 13.9. The van der Waals surface area contributed by atoms with Crippen molar-refractivity contribution in [1.82, 2.24) is 9.78 Å². The largest absolute Gasteiger partial charge is 0.495 e. The molecule has 0 aliphatic heterocycles. The third-order valence-corrected chi connectivity index (χ3v) is 3.64. The van der Waals surface area contributed by atoms with Crippen molar-refractivity contribution < 1.29 is 9.53 Å². The van der Waals surface area contributed by atoms with Crippen LogP contribution in [0.2, 0.25) is 0 Å². The number of carbonyl (C=O) groups is 1. The predicted molar refractivity (Wildman–Crippen MR) is 95.5 cm³/mol. The number of amides is 1. The summed E-state index contributed by atoms with van der Waals surface area (Å²) in [6, 6.07) is 17.1. The Bertz CT molecular complexity index is 965. The van der Waals surface area contributed by atoms with Crippen LogP contribution in [0, 0.1) is 6.92 Å². The van der Waals surface area contributed by atoms with E-state index < -0.39 is 5.91 Å². The van der Waals surface area contributed by atoms with E-state index in [9.17, 15) is 9.59 Å². The van der Waals surface area contributed by atoms with Crippen LogP contribution in [0.4, 0.5) is 5.69 Å². The van der Waals surface area contributed by atoms with Crippen LogP contribution in [-0.2, 0) is 0 Å². The molecule has 1 aromatic heterocycles. The highest BCUT2D eigenvalue weighted by molar-refractivity contribution is 6.03. The molecule has 2 aromatic carbocycles. The second-order valence-corrected chi connectivity index (χ2v) is 5.46. The molecule has 3 rings (SSSR count). The third-order valence-electron chi connectivity index (χ3n) is 3.64. The van der Waals surface area contributed by atoms with E-state index >= 15 is 0 Å². The summed E-state index contributed by atoms with van der Waals surface area (Å²) in [6.07, 6.45) is 0. The van der Waals surface area contributed by atoms with Gasteiger partial charge in [0.1, 0.15) is 11.4 Å². The molecule has 0 atom stereocenters. The van der Waals surface area contributed by atoms with Gasteiger partial charge in [-0.25, -0.2) is 0 Å². The van der Waals surface area contributed by atoms with E-state index in [1.54, 1.807) is 30.3 Å². The lowest BCUT2D eigenvalue weighted by Gasteiger charge is -2.11. The van der Waals surface area contributed by atoms with Gasteiger partial charge in [-0.2, -0.15) is 9.78 Å². The minimum atomic E-state index is -0.423. The highest BCUT2D eigenvalue weighted by Gasteiger charge is 2.13. The van der Waals surface area contributed by atoms with Crippen molar-refractivity contribution in [2.75, 3.05) is 12.4 Å². The Balaban J connectivity index is 1.94. The molecule has 0 aliphatic carbocycles. The van der Waals surface area contributed by atoms with Crippen LogP contribution < -0.4 is 15.6 Å². The maximum Gasteiger partial charge on any atom is 0.276 e. The highest BCUT2D eigenvalue weighted by Crippen LogP contribution is 2.25. The van der Waals surface area contributed by atoms with Crippen molar-refractivity contribution >= 4 is 11.6 Å². The molecular formula is C19H17N3O3. The van der Waals surface area contributed by atoms with Crippen LogP contribution >= 0.6 is 0 Å². The normalized spacial score (nSPS) is 10.3. The number of aryl methyl sites for hydroxylation is 1. The van der Waals surface area contributed by atoms with Crippen LogP contribution in [-0.4, -0.2) is 22.8 Å². The molecule has 0 fully saturated rings. The van der Waals surface area contributed by atoms with E-state index in [0.717, 1.165) is 5.56 Å². The Hall–Kier alpha value is -3.41. The average molecular weight is 335 g/mol. The number of hydrogen-bond acceptors (Lipinski definition) is 4. The van der Waals surface area contributed by atoms with Crippen LogP contribution in [0.15, 0.2) is 65.5 Å². The molecule has 6 nitrogen and oxygen atoms in total. The first kappa shape index (κ1) is 16.4. The van der Waals surface area contributed by atoms with Gasteiger partial charge >= 0.3 is 0 Å². The number of para-hydroxylation sites is 1. The molecular weight excluding hydrogens is 318 g/mol. The first-order valence-corrected chi connectivity index (χ1v) is 7.70. The fraction of sp³-hybridized carbons (Fsp3) is 0.105. The molecule has 0 saturated carbocycles. The number of benzene rings is 2. The summed E-state index contributed by atoms with van der Waals surface area (Å²) < 4.78 is 6.46. The van der Waals surface area contributed by atoms with E-state index in [0.29, 0.717) is 17.1 Å². The van der Waals surface area contributed by atoms with Crippen LogP contribution in [0.1, 0.15) is 16.1 Å². The van der Waals surface area contributed by atoms with Gasteiger partial charge in [0.2, 0.25) is 0 Å². The predicted octanol–water partition coefficient (Wildman–Crippen LogP) is 2.80. The average Bonchev–Trinajstić information content (AvgIpc) is 2.63. The molecule has 3 aromatic rings. The SMILES string of the molecule is COc1ccc(C)cc1NC(=O)c1ccc(=O)n(-c2ccccc2)n1. The fourth-order valence-electron chi connectivity index (χ4n) is 2.39. The smallest absolute Gasteiger partial charge is 0.276 e. The summed E-state index contributed by atoms with van der Waals surface area (Å²) in [6.45, 7) is 1.92. The lowest BCUT2D eigenvalue weighted by Crippen LogP contribution is -2.25. The number of methoxy groups -OCH3 is 1. The second kappa shape index (κ2) is 7.00. The fourth-order valence-corrected chi connectivity index (χ4v) is 2.39. The Kier molecular flexibility index (Phi) is 4.61. The zero-order chi connectivity index (χ0) is 17.8. The standard InChI is InChI=1S/C19H17N3O3/c1-13-8-10-17(25-2)16(12-13)20-19(24)15-9-11-18(23)22(21-15)14-6-4-3-5-7-14/h3-12H,1-2H3,(H,20,24). The van der Waals surface area contributed by atoms with Gasteiger partial charge in [-0.3, -0.25) is 9.59 Å². The van der Waals surface area contributed by atoms with Gasteiger partial charge in [0.15, 0.2) is 0 Å². The van der Waals surface area contributed by atoms with Gasteiger partial charge in [0.05, 0.1) is 18.5 Å². The van der Waals surface area contributed by atoms with Gasteiger partial charge in [0, 0.05) is 6.07 Å². The summed E-state index contributed by atoms with van der Waals surface area (Å²) in [5, 5.41) is 6.94. The van der Waals surface area contributed by atoms with Gasteiger partial charge < -0.3 is 10.1 Å². The summed E-state index contributed by atoms with van der Waals surface area (Å²) in [7, 11) is 1.54. The first-order valence-electron chi connectivity index (χ1n) is 7.70. The summed E-state index contributed by atoms with van der Waals surface area (Å²) in [4.78, 5) is 24.6. The maximum atomic E-state index is 12.5. The van der Waals surface area contributed by atoms with E-state index in [-0.39, 0.29) is 11.3 Å². The maximum absolute atomic E-state index is 12.5. The first-order chi connectivity index (χ1) is 12.1. The Labute approximate surface area is 144 Å². The van der Waals surface area contributed by atoms with Gasteiger partial charge in [-0.1, -0.05) is 24.3 Å². The van der Waals surface area contributed by atoms with Crippen LogP contribution in [0.5, 0.6) is 5.75 Å². The van der Waals surface area contributed by atoms with E-state index in [1.807, 2.05) is 25.1 Å². The molecule has 6 heteroatoms. The number of nitrogens with one attached hydrogen (secondary N) is 1. The Morgan fingerprint density at radius 2 is 1.84 bits per heavy atom. The summed E-state index contributed by atoms with van der Waals surface area (Å²) in [5.41, 5.74) is 1.95. The van der Waals surface area contributed by atoms with Crippen molar-refractivity contribution in [2.24, 2.45) is 0 Å². The number of ether oxygens (including phenoxy) is 1. The number of nitrogens with zero attached hydrogens (tertiary/aromatic N) is 2.